The zero-order valence-corrected chi connectivity index (χ0v) is 18.0. The summed E-state index contributed by atoms with van der Waals surface area (Å²) >= 11 is 0. The van der Waals surface area contributed by atoms with Crippen LogP contribution in [-0.2, 0) is 27.2 Å². The van der Waals surface area contributed by atoms with Crippen LogP contribution < -0.4 is 4.74 Å². The van der Waals surface area contributed by atoms with Gasteiger partial charge in [0.1, 0.15) is 5.75 Å². The van der Waals surface area contributed by atoms with Crippen molar-refractivity contribution in [3.05, 3.63) is 29.3 Å². The highest BCUT2D eigenvalue weighted by Gasteiger charge is 2.44. The molecule has 1 aromatic carbocycles. The van der Waals surface area contributed by atoms with Crippen LogP contribution >= 0.6 is 0 Å². The van der Waals surface area contributed by atoms with Crippen LogP contribution in [0.15, 0.2) is 18.2 Å². The molecule has 0 amide bonds. The molecule has 172 valence electrons. The minimum Gasteiger partial charge on any atom is -0.482 e. The van der Waals surface area contributed by atoms with E-state index in [-0.39, 0.29) is 38.3 Å². The Morgan fingerprint density at radius 1 is 1.10 bits per heavy atom. The van der Waals surface area contributed by atoms with Crippen LogP contribution in [0.2, 0.25) is 0 Å². The molecule has 7 nitrogen and oxygen atoms in total. The molecule has 0 bridgehead atoms. The van der Waals surface area contributed by atoms with Gasteiger partial charge in [0.2, 0.25) is 0 Å². The fraction of sp³-hybridized carbons (Fsp3) is 0.667. The van der Waals surface area contributed by atoms with E-state index in [2.05, 4.69) is 6.07 Å². The van der Waals surface area contributed by atoms with Gasteiger partial charge in [-0.15, -0.1) is 0 Å². The first kappa shape index (κ1) is 23.5. The van der Waals surface area contributed by atoms with E-state index >= 15 is 0 Å². The maximum atomic E-state index is 12.0. The highest BCUT2D eigenvalue weighted by atomic mass is 16.6. The van der Waals surface area contributed by atoms with E-state index in [0.717, 1.165) is 37.7 Å². The summed E-state index contributed by atoms with van der Waals surface area (Å²) in [5.74, 6) is 0.535. The van der Waals surface area contributed by atoms with Crippen molar-refractivity contribution in [2.45, 2.75) is 63.9 Å². The van der Waals surface area contributed by atoms with Crippen LogP contribution in [0.4, 0.5) is 0 Å². The number of aliphatic carboxylic acids is 1. The lowest BCUT2D eigenvalue weighted by atomic mass is 9.73. The summed E-state index contributed by atoms with van der Waals surface area (Å²) in [4.78, 5) is 22.5. The molecule has 7 heteroatoms. The first-order valence-corrected chi connectivity index (χ1v) is 11.4. The number of ether oxygens (including phenoxy) is 2. The number of benzene rings is 1. The molecule has 31 heavy (non-hydrogen) atoms. The van der Waals surface area contributed by atoms with Gasteiger partial charge in [-0.05, 0) is 86.3 Å². The van der Waals surface area contributed by atoms with E-state index in [0.29, 0.717) is 36.8 Å². The molecule has 0 radical (unpaired) electrons. The van der Waals surface area contributed by atoms with Crippen LogP contribution in [-0.4, -0.2) is 53.2 Å². The number of rotatable bonds is 12. The maximum absolute atomic E-state index is 12.0. The van der Waals surface area contributed by atoms with Gasteiger partial charge in [-0.3, -0.25) is 4.79 Å². The number of hydrogen-bond donors (Lipinski definition) is 3. The number of carboxylic acid groups (broad SMARTS) is 1. The average Bonchev–Trinajstić information content (AvgIpc) is 3.05. The van der Waals surface area contributed by atoms with Gasteiger partial charge in [0.15, 0.2) is 6.61 Å². The van der Waals surface area contributed by atoms with Crippen molar-refractivity contribution >= 4 is 11.9 Å². The number of unbranched alkanes of at least 4 members (excludes halogenated alkanes) is 2. The molecule has 1 fully saturated rings. The molecule has 3 N–H and O–H groups in total. The van der Waals surface area contributed by atoms with Crippen LogP contribution in [0.5, 0.6) is 5.75 Å². The number of hydrogen-bond acceptors (Lipinski definition) is 6. The fourth-order valence-electron chi connectivity index (χ4n) is 5.19. The Bertz CT molecular complexity index is 747. The van der Waals surface area contributed by atoms with Gasteiger partial charge in [-0.2, -0.15) is 0 Å². The molecule has 0 spiro atoms. The summed E-state index contributed by atoms with van der Waals surface area (Å²) in [6.07, 6.45) is 5.84. The van der Waals surface area contributed by atoms with Crippen LogP contribution in [0.1, 0.15) is 56.1 Å². The summed E-state index contributed by atoms with van der Waals surface area (Å²) < 4.78 is 11.0. The van der Waals surface area contributed by atoms with Crippen molar-refractivity contribution in [2.24, 2.45) is 17.8 Å². The normalized spacial score (nSPS) is 24.3. The van der Waals surface area contributed by atoms with Crippen LogP contribution in [0, 0.1) is 17.8 Å². The third-order valence-corrected chi connectivity index (χ3v) is 6.69. The smallest absolute Gasteiger partial charge is 0.344 e. The number of carboxylic acids is 1. The van der Waals surface area contributed by atoms with Crippen molar-refractivity contribution in [3.8, 4) is 5.75 Å². The first-order valence-electron chi connectivity index (χ1n) is 11.4. The van der Waals surface area contributed by atoms with Crippen molar-refractivity contribution in [3.63, 3.8) is 0 Å². The number of carbonyl (C=O) groups excluding carboxylic acids is 1. The van der Waals surface area contributed by atoms with Gasteiger partial charge < -0.3 is 24.8 Å². The van der Waals surface area contributed by atoms with Gasteiger partial charge in [0.25, 0.3) is 0 Å². The fourth-order valence-corrected chi connectivity index (χ4v) is 5.19. The molecule has 3 rings (SSSR count). The van der Waals surface area contributed by atoms with Crippen molar-refractivity contribution < 1.29 is 34.4 Å². The zero-order valence-electron chi connectivity index (χ0n) is 18.0. The number of carbonyl (C=O) groups is 2. The second-order valence-electron chi connectivity index (χ2n) is 8.77. The number of aliphatic hydroxyl groups is 2. The predicted octanol–water partition coefficient (Wildman–Crippen LogP) is 2.74. The molecule has 2 aliphatic rings. The molecule has 0 unspecified atom stereocenters. The van der Waals surface area contributed by atoms with Gasteiger partial charge in [-0.1, -0.05) is 12.1 Å². The topological polar surface area (TPSA) is 113 Å². The summed E-state index contributed by atoms with van der Waals surface area (Å²) in [6, 6.07) is 5.92. The van der Waals surface area contributed by atoms with Crippen molar-refractivity contribution in [1.29, 1.82) is 0 Å². The summed E-state index contributed by atoms with van der Waals surface area (Å²) in [6.45, 7) is 0.278. The lowest BCUT2D eigenvalue weighted by molar-refractivity contribution is -0.146. The van der Waals surface area contributed by atoms with Gasteiger partial charge in [0, 0.05) is 13.0 Å². The molecule has 0 saturated heterocycles. The molecule has 0 aromatic heterocycles. The van der Waals surface area contributed by atoms with E-state index in [9.17, 15) is 14.7 Å². The van der Waals surface area contributed by atoms with Gasteiger partial charge >= 0.3 is 11.9 Å². The standard InChI is InChI=1S/C24H34O7/c25-10-5-7-18-19-12-16-6-4-8-22(20(16)13-17(19)14-21(18)26)31-15-24(29)30-11-3-1-2-9-23(27)28/h4,6,8,17-19,21,25-26H,1-3,5,7,9-15H2,(H,27,28)/t17-,18+,19-,21+/m0/s1. The Morgan fingerprint density at radius 3 is 2.71 bits per heavy atom. The largest absolute Gasteiger partial charge is 0.482 e. The highest BCUT2D eigenvalue weighted by molar-refractivity contribution is 5.71. The number of fused-ring (bicyclic) bond motifs is 2. The molecular weight excluding hydrogens is 400 g/mol. The minimum absolute atomic E-state index is 0.136. The molecule has 1 saturated carbocycles. The highest BCUT2D eigenvalue weighted by Crippen LogP contribution is 2.48. The lowest BCUT2D eigenvalue weighted by Gasteiger charge is -2.32. The Labute approximate surface area is 183 Å². The van der Waals surface area contributed by atoms with E-state index in [1.54, 1.807) is 0 Å². The van der Waals surface area contributed by atoms with E-state index in [4.69, 9.17) is 19.7 Å². The minimum atomic E-state index is -0.810. The van der Waals surface area contributed by atoms with Crippen molar-refractivity contribution in [1.82, 2.24) is 0 Å². The molecule has 2 aliphatic carbocycles. The molecule has 0 heterocycles. The predicted molar refractivity (Wildman–Crippen MR) is 114 cm³/mol. The van der Waals surface area contributed by atoms with Crippen LogP contribution in [0.3, 0.4) is 0 Å². The van der Waals surface area contributed by atoms with E-state index in [1.807, 2.05) is 12.1 Å². The summed E-state index contributed by atoms with van der Waals surface area (Å²) in [5, 5.41) is 28.3. The van der Waals surface area contributed by atoms with Crippen LogP contribution in [0.25, 0.3) is 0 Å². The maximum Gasteiger partial charge on any atom is 0.344 e. The van der Waals surface area contributed by atoms with Gasteiger partial charge in [0.05, 0.1) is 12.7 Å². The quantitative estimate of drug-likeness (QED) is 0.342. The third-order valence-electron chi connectivity index (χ3n) is 6.69. The van der Waals surface area contributed by atoms with Crippen molar-refractivity contribution in [2.75, 3.05) is 19.8 Å². The second kappa shape index (κ2) is 11.5. The Balaban J connectivity index is 1.49. The monoisotopic (exact) mass is 434 g/mol. The second-order valence-corrected chi connectivity index (χ2v) is 8.77. The van der Waals surface area contributed by atoms with E-state index in [1.165, 1.54) is 5.56 Å². The summed E-state index contributed by atoms with van der Waals surface area (Å²) in [5.41, 5.74) is 2.34. The number of aliphatic hydroxyl groups excluding tert-OH is 2. The molecule has 4 atom stereocenters. The van der Waals surface area contributed by atoms with E-state index < -0.39 is 11.9 Å². The Morgan fingerprint density at radius 2 is 1.94 bits per heavy atom. The Kier molecular flexibility index (Phi) is 8.72. The molecule has 1 aromatic rings. The Hall–Kier alpha value is -2.12. The molecular formula is C24H34O7. The number of esters is 1. The summed E-state index contributed by atoms with van der Waals surface area (Å²) in [7, 11) is 0. The third kappa shape index (κ3) is 6.43. The zero-order chi connectivity index (χ0) is 22.2. The lowest BCUT2D eigenvalue weighted by Crippen LogP contribution is -2.27. The SMILES string of the molecule is O=C(O)CCCCCOC(=O)COc1cccc2c1C[C@H]1C[C@@H](O)[C@H](CCCO)[C@H]1C2. The van der Waals surface area contributed by atoms with Gasteiger partial charge in [-0.25, -0.2) is 4.79 Å². The first-order chi connectivity index (χ1) is 15.0. The average molecular weight is 435 g/mol. The molecule has 0 aliphatic heterocycles.